The molecule has 2 N–H and O–H groups in total. The first-order valence-electron chi connectivity index (χ1n) is 11.0. The van der Waals surface area contributed by atoms with Crippen molar-refractivity contribution in [3.05, 3.63) is 64.7 Å². The van der Waals surface area contributed by atoms with E-state index < -0.39 is 5.97 Å². The fraction of sp³-hybridized carbons (Fsp3) is 0.440. The van der Waals surface area contributed by atoms with Crippen molar-refractivity contribution in [2.75, 3.05) is 19.7 Å². The third-order valence-electron chi connectivity index (χ3n) is 5.57. The number of fused-ring (bicyclic) bond motifs is 1. The van der Waals surface area contributed by atoms with Crippen LogP contribution in [0.3, 0.4) is 0 Å². The van der Waals surface area contributed by atoms with Gasteiger partial charge in [-0.15, -0.1) is 0 Å². The number of amides is 1. The quantitative estimate of drug-likeness (QED) is 0.765. The van der Waals surface area contributed by atoms with Crippen LogP contribution in [0, 0.1) is 6.92 Å². The van der Waals surface area contributed by atoms with Crippen molar-refractivity contribution in [3.63, 3.8) is 0 Å². The van der Waals surface area contributed by atoms with Gasteiger partial charge in [-0.1, -0.05) is 36.4 Å². The number of carbonyl (C=O) groups excluding carboxylic acids is 1. The van der Waals surface area contributed by atoms with E-state index in [1.807, 2.05) is 30.3 Å². The van der Waals surface area contributed by atoms with Gasteiger partial charge >= 0.3 is 5.97 Å². The average Bonchev–Trinajstić information content (AvgIpc) is 2.75. The van der Waals surface area contributed by atoms with Gasteiger partial charge in [-0.25, -0.2) is 0 Å². The lowest BCUT2D eigenvalue weighted by molar-refractivity contribution is -0.137. The first-order chi connectivity index (χ1) is 15.0. The molecule has 0 aromatic heterocycles. The van der Waals surface area contributed by atoms with Crippen LogP contribution >= 0.6 is 0 Å². The maximum atomic E-state index is 12.6. The van der Waals surface area contributed by atoms with Crippen molar-refractivity contribution >= 4 is 11.9 Å². The number of carboxylic acids is 1. The Labute approximate surface area is 184 Å². The van der Waals surface area contributed by atoms with Gasteiger partial charge < -0.3 is 15.2 Å². The normalized spacial score (nSPS) is 16.1. The van der Waals surface area contributed by atoms with Crippen LogP contribution in [0.2, 0.25) is 0 Å². The number of ether oxygens (including phenoxy) is 1. The molecule has 0 atom stereocenters. The van der Waals surface area contributed by atoms with E-state index in [1.165, 1.54) is 11.1 Å². The van der Waals surface area contributed by atoms with Crippen LogP contribution < -0.4 is 10.1 Å². The summed E-state index contributed by atoms with van der Waals surface area (Å²) in [6, 6.07) is 14.1. The fourth-order valence-electron chi connectivity index (χ4n) is 3.81. The fourth-order valence-corrected chi connectivity index (χ4v) is 3.81. The number of carboxylic acid groups (broad SMARTS) is 1. The number of aliphatic carboxylic acids is 1. The molecule has 1 aliphatic rings. The van der Waals surface area contributed by atoms with Gasteiger partial charge in [-0.05, 0) is 55.4 Å². The number of benzene rings is 2. The van der Waals surface area contributed by atoms with E-state index in [1.54, 1.807) is 0 Å². The summed E-state index contributed by atoms with van der Waals surface area (Å²) in [6.45, 7) is 4.90. The molecule has 166 valence electrons. The molecule has 0 bridgehead atoms. The Bertz CT molecular complexity index is 897. The predicted octanol–water partition coefficient (Wildman–Crippen LogP) is 3.69. The van der Waals surface area contributed by atoms with E-state index in [0.717, 1.165) is 36.1 Å². The zero-order chi connectivity index (χ0) is 22.1. The molecule has 3 rings (SSSR count). The lowest BCUT2D eigenvalue weighted by atomic mass is 10.0. The molecule has 2 aromatic rings. The molecule has 31 heavy (non-hydrogen) atoms. The summed E-state index contributed by atoms with van der Waals surface area (Å²) < 4.78 is 6.08. The third kappa shape index (κ3) is 7.40. The van der Waals surface area contributed by atoms with Gasteiger partial charge in [0.25, 0.3) is 0 Å². The van der Waals surface area contributed by atoms with Gasteiger partial charge in [0.05, 0.1) is 13.2 Å². The topological polar surface area (TPSA) is 78.9 Å². The van der Waals surface area contributed by atoms with Crippen LogP contribution in [0.5, 0.6) is 5.75 Å². The number of aryl methyl sites for hydroxylation is 2. The molecule has 6 heteroatoms. The van der Waals surface area contributed by atoms with Gasteiger partial charge in [-0.2, -0.15) is 0 Å². The van der Waals surface area contributed by atoms with Crippen LogP contribution in [0.25, 0.3) is 0 Å². The zero-order valence-electron chi connectivity index (χ0n) is 18.2. The number of rotatable bonds is 5. The van der Waals surface area contributed by atoms with Crippen molar-refractivity contribution in [1.29, 1.82) is 0 Å². The third-order valence-corrected chi connectivity index (χ3v) is 5.57. The van der Waals surface area contributed by atoms with E-state index in [0.29, 0.717) is 39.2 Å². The van der Waals surface area contributed by atoms with E-state index in [4.69, 9.17) is 9.84 Å². The zero-order valence-corrected chi connectivity index (χ0v) is 18.2. The van der Waals surface area contributed by atoms with Crippen molar-refractivity contribution in [1.82, 2.24) is 10.2 Å². The summed E-state index contributed by atoms with van der Waals surface area (Å²) in [6.07, 6.45) is 3.44. The number of nitrogens with one attached hydrogen (secondary N) is 1. The highest BCUT2D eigenvalue weighted by Crippen LogP contribution is 2.25. The van der Waals surface area contributed by atoms with Gasteiger partial charge in [0, 0.05) is 31.6 Å². The summed E-state index contributed by atoms with van der Waals surface area (Å²) >= 11 is 0. The molecule has 0 radical (unpaired) electrons. The Morgan fingerprint density at radius 1 is 1.13 bits per heavy atom. The minimum Gasteiger partial charge on any atom is -0.493 e. The summed E-state index contributed by atoms with van der Waals surface area (Å²) in [5.41, 5.74) is 4.33. The lowest BCUT2D eigenvalue weighted by Gasteiger charge is -2.24. The Morgan fingerprint density at radius 2 is 1.97 bits per heavy atom. The van der Waals surface area contributed by atoms with Crippen molar-refractivity contribution in [2.45, 2.75) is 52.1 Å². The first kappa shape index (κ1) is 22.8. The largest absolute Gasteiger partial charge is 0.493 e. The highest BCUT2D eigenvalue weighted by molar-refractivity contribution is 5.78. The molecule has 0 aliphatic carbocycles. The summed E-state index contributed by atoms with van der Waals surface area (Å²) in [5, 5.41) is 12.1. The van der Waals surface area contributed by atoms with Crippen LogP contribution in [-0.4, -0.2) is 41.6 Å². The van der Waals surface area contributed by atoms with Gasteiger partial charge in [0.15, 0.2) is 0 Å². The smallest absolute Gasteiger partial charge is 0.303 e. The van der Waals surface area contributed by atoms with Crippen molar-refractivity contribution < 1.29 is 19.4 Å². The second-order valence-electron chi connectivity index (χ2n) is 8.17. The van der Waals surface area contributed by atoms with Crippen LogP contribution in [0.4, 0.5) is 0 Å². The molecule has 1 amide bonds. The first-order valence-corrected chi connectivity index (χ1v) is 11.0. The number of hydrogen-bond donors (Lipinski definition) is 2. The molecule has 0 spiro atoms. The molecule has 0 saturated carbocycles. The van der Waals surface area contributed by atoms with Crippen molar-refractivity contribution in [2.24, 2.45) is 0 Å². The summed E-state index contributed by atoms with van der Waals surface area (Å²) in [7, 11) is 0. The van der Waals surface area contributed by atoms with Crippen molar-refractivity contribution in [3.8, 4) is 5.75 Å². The molecule has 0 fully saturated rings. The Hall–Kier alpha value is -2.86. The number of hydrogen-bond acceptors (Lipinski definition) is 4. The highest BCUT2D eigenvalue weighted by atomic mass is 16.5. The van der Waals surface area contributed by atoms with E-state index in [9.17, 15) is 9.59 Å². The highest BCUT2D eigenvalue weighted by Gasteiger charge is 2.17. The van der Waals surface area contributed by atoms with Gasteiger partial charge in [-0.3, -0.25) is 14.5 Å². The number of nitrogens with zero attached hydrogens (tertiary/aromatic N) is 1. The van der Waals surface area contributed by atoms with Gasteiger partial charge in [0.1, 0.15) is 5.75 Å². The predicted molar refractivity (Wildman–Crippen MR) is 120 cm³/mol. The molecule has 1 aliphatic heterocycles. The summed E-state index contributed by atoms with van der Waals surface area (Å²) in [4.78, 5) is 25.7. The average molecular weight is 425 g/mol. The number of carbonyl (C=O) groups is 2. The Balaban J connectivity index is 1.87. The standard InChI is InChI=1S/C25H32N2O4/c1-19-7-3-4-8-21(19)16-27-17-22-15-20(10-12-25(29)30)9-11-23(22)31-14-6-2-5-13-26-24(28)18-27/h3-4,7-9,11,15H,2,5-6,10,12-14,16-18H2,1H3,(H,26,28)(H,29,30). The maximum Gasteiger partial charge on any atom is 0.303 e. The van der Waals surface area contributed by atoms with E-state index in [-0.39, 0.29) is 12.3 Å². The Kier molecular flexibility index (Phi) is 8.47. The maximum absolute atomic E-state index is 12.6. The molecular formula is C25H32N2O4. The minimum absolute atomic E-state index is 0.0253. The molecule has 6 nitrogen and oxygen atoms in total. The lowest BCUT2D eigenvalue weighted by Crippen LogP contribution is -2.37. The monoisotopic (exact) mass is 424 g/mol. The summed E-state index contributed by atoms with van der Waals surface area (Å²) in [5.74, 6) is 0.0314. The van der Waals surface area contributed by atoms with Gasteiger partial charge in [0.2, 0.25) is 5.91 Å². The SMILES string of the molecule is Cc1ccccc1CN1CC(=O)NCCCCCOc2ccc(CCC(=O)O)cc2C1. The van der Waals surface area contributed by atoms with Crippen LogP contribution in [0.1, 0.15) is 47.9 Å². The molecule has 1 heterocycles. The van der Waals surface area contributed by atoms with Crippen LogP contribution in [-0.2, 0) is 29.1 Å². The van der Waals surface area contributed by atoms with E-state index in [2.05, 4.69) is 29.3 Å². The van der Waals surface area contributed by atoms with E-state index >= 15 is 0 Å². The molecular weight excluding hydrogens is 392 g/mol. The van der Waals surface area contributed by atoms with Crippen LogP contribution in [0.15, 0.2) is 42.5 Å². The second kappa shape index (κ2) is 11.5. The second-order valence-corrected chi connectivity index (χ2v) is 8.17. The molecule has 0 saturated heterocycles. The molecule has 2 aromatic carbocycles. The Morgan fingerprint density at radius 3 is 2.77 bits per heavy atom. The molecule has 0 unspecified atom stereocenters. The minimum atomic E-state index is -0.807.